The van der Waals surface area contributed by atoms with E-state index in [0.29, 0.717) is 31.2 Å². The molecule has 1 heterocycles. The Morgan fingerprint density at radius 3 is 2.59 bits per heavy atom. The van der Waals surface area contributed by atoms with Gasteiger partial charge in [-0.2, -0.15) is 0 Å². The smallest absolute Gasteiger partial charge is 0.254 e. The van der Waals surface area contributed by atoms with Gasteiger partial charge < -0.3 is 10.6 Å². The second-order valence-corrected chi connectivity index (χ2v) is 7.42. The molecular weight excluding hydrogens is 289 g/mol. The van der Waals surface area contributed by atoms with Gasteiger partial charge in [0.05, 0.1) is 0 Å². The van der Waals surface area contributed by atoms with Crippen LogP contribution >= 0.6 is 0 Å². The van der Waals surface area contributed by atoms with Crippen molar-refractivity contribution in [2.75, 3.05) is 24.5 Å². The summed E-state index contributed by atoms with van der Waals surface area (Å²) in [7, 11) is 0. The summed E-state index contributed by atoms with van der Waals surface area (Å²) in [5, 5.41) is 0. The van der Waals surface area contributed by atoms with Crippen molar-refractivity contribution in [2.45, 2.75) is 31.6 Å². The first-order chi connectivity index (χ1) is 10.4. The summed E-state index contributed by atoms with van der Waals surface area (Å²) in [6, 6.07) is 4.88. The summed E-state index contributed by atoms with van der Waals surface area (Å²) >= 11 is 0. The van der Waals surface area contributed by atoms with E-state index in [-0.39, 0.29) is 12.2 Å². The molecule has 2 saturated carbocycles. The van der Waals surface area contributed by atoms with Gasteiger partial charge in [-0.3, -0.25) is 0 Å². The van der Waals surface area contributed by atoms with Crippen LogP contribution in [0.5, 0.6) is 0 Å². The minimum atomic E-state index is -2.42. The predicted octanol–water partition coefficient (Wildman–Crippen LogP) is 3.20. The zero-order valence-electron chi connectivity index (χ0n) is 12.5. The lowest BCUT2D eigenvalue weighted by atomic mass is 9.71. The molecule has 0 radical (unpaired) electrons. The first kappa shape index (κ1) is 14.4. The fraction of sp³-hybridized carbons (Fsp3) is 0.647. The Morgan fingerprint density at radius 1 is 1.23 bits per heavy atom. The maximum absolute atomic E-state index is 13.5. The summed E-state index contributed by atoms with van der Waals surface area (Å²) in [5.41, 5.74) is 7.18. The molecule has 22 heavy (non-hydrogen) atoms. The van der Waals surface area contributed by atoms with E-state index in [9.17, 15) is 13.2 Å². The zero-order chi connectivity index (χ0) is 15.5. The molecule has 2 N–H and O–H groups in total. The molecule has 1 aliphatic heterocycles. The van der Waals surface area contributed by atoms with Gasteiger partial charge >= 0.3 is 0 Å². The normalized spacial score (nSPS) is 35.2. The highest BCUT2D eigenvalue weighted by Gasteiger charge is 2.75. The number of fused-ring (bicyclic) bond motifs is 1. The van der Waals surface area contributed by atoms with E-state index >= 15 is 0 Å². The Kier molecular flexibility index (Phi) is 3.03. The third kappa shape index (κ3) is 2.13. The van der Waals surface area contributed by atoms with Gasteiger partial charge in [-0.25, -0.2) is 13.2 Å². The van der Waals surface area contributed by atoms with E-state index in [1.807, 2.05) is 6.07 Å². The third-order valence-electron chi connectivity index (χ3n) is 5.75. The highest BCUT2D eigenvalue weighted by molar-refractivity contribution is 5.56. The van der Waals surface area contributed by atoms with E-state index in [0.717, 1.165) is 30.8 Å². The van der Waals surface area contributed by atoms with Gasteiger partial charge in [0.25, 0.3) is 5.92 Å². The minimum absolute atomic E-state index is 0.0731. The van der Waals surface area contributed by atoms with Gasteiger partial charge in [0, 0.05) is 30.6 Å². The Hall–Kier alpha value is -1.23. The molecule has 0 aromatic heterocycles. The minimum Gasteiger partial charge on any atom is -0.371 e. The summed E-state index contributed by atoms with van der Waals surface area (Å²) < 4.78 is 40.1. The largest absolute Gasteiger partial charge is 0.371 e. The maximum atomic E-state index is 13.5. The van der Waals surface area contributed by atoms with Crippen LogP contribution in [0, 0.1) is 23.1 Å². The van der Waals surface area contributed by atoms with Crippen molar-refractivity contribution >= 4 is 5.69 Å². The van der Waals surface area contributed by atoms with Gasteiger partial charge in [-0.05, 0) is 61.4 Å². The van der Waals surface area contributed by atoms with E-state index in [1.165, 1.54) is 6.07 Å². The molecule has 0 saturated heterocycles. The first-order valence-electron chi connectivity index (χ1n) is 8.04. The van der Waals surface area contributed by atoms with Crippen LogP contribution in [-0.2, 0) is 6.42 Å². The number of alkyl halides is 2. The average Bonchev–Trinajstić information content (AvgIpc) is 3.00. The van der Waals surface area contributed by atoms with Crippen LogP contribution in [0.4, 0.5) is 18.9 Å². The fourth-order valence-corrected chi connectivity index (χ4v) is 4.45. The molecule has 3 aliphatic rings. The predicted molar refractivity (Wildman–Crippen MR) is 79.6 cm³/mol. The molecule has 0 bridgehead atoms. The van der Waals surface area contributed by atoms with Gasteiger partial charge in [-0.15, -0.1) is 0 Å². The molecule has 1 spiro atoms. The van der Waals surface area contributed by atoms with Crippen molar-refractivity contribution in [3.63, 3.8) is 0 Å². The second-order valence-electron chi connectivity index (χ2n) is 7.42. The third-order valence-corrected chi connectivity index (χ3v) is 5.75. The quantitative estimate of drug-likeness (QED) is 0.929. The number of benzene rings is 1. The maximum Gasteiger partial charge on any atom is 0.254 e. The van der Waals surface area contributed by atoms with Gasteiger partial charge in [0.2, 0.25) is 0 Å². The summed E-state index contributed by atoms with van der Waals surface area (Å²) in [4.78, 5) is 2.23. The Morgan fingerprint density at radius 2 is 1.95 bits per heavy atom. The molecule has 1 unspecified atom stereocenters. The number of anilines is 1. The molecule has 5 heteroatoms. The molecule has 2 nitrogen and oxygen atoms in total. The fourth-order valence-electron chi connectivity index (χ4n) is 4.45. The van der Waals surface area contributed by atoms with Crippen molar-refractivity contribution in [1.29, 1.82) is 0 Å². The molecule has 4 rings (SSSR count). The summed E-state index contributed by atoms with van der Waals surface area (Å²) in [5.74, 6) is -2.02. The molecular formula is C17H21F3N2. The Bertz CT molecular complexity index is 596. The number of nitrogens with zero attached hydrogens (tertiary/aromatic N) is 1. The van der Waals surface area contributed by atoms with Crippen LogP contribution in [0.2, 0.25) is 0 Å². The summed E-state index contributed by atoms with van der Waals surface area (Å²) in [6.07, 6.45) is 2.12. The van der Waals surface area contributed by atoms with Crippen LogP contribution in [0.25, 0.3) is 0 Å². The van der Waals surface area contributed by atoms with E-state index < -0.39 is 11.3 Å². The van der Waals surface area contributed by atoms with E-state index in [2.05, 4.69) is 4.90 Å². The SMILES string of the molecule is NCC1Cc2cc(F)ccc2N(CC2CC3(C2)CC3(F)F)C1. The van der Waals surface area contributed by atoms with Crippen molar-refractivity contribution in [3.8, 4) is 0 Å². The van der Waals surface area contributed by atoms with Crippen LogP contribution in [-0.4, -0.2) is 25.6 Å². The second kappa shape index (κ2) is 4.63. The van der Waals surface area contributed by atoms with Crippen molar-refractivity contribution in [1.82, 2.24) is 0 Å². The highest BCUT2D eigenvalue weighted by Crippen LogP contribution is 2.72. The number of rotatable bonds is 3. The lowest BCUT2D eigenvalue weighted by Gasteiger charge is -2.43. The number of hydrogen-bond acceptors (Lipinski definition) is 2. The molecule has 2 aliphatic carbocycles. The molecule has 1 aromatic carbocycles. The lowest BCUT2D eigenvalue weighted by molar-refractivity contribution is 0.00359. The van der Waals surface area contributed by atoms with Crippen LogP contribution in [0.3, 0.4) is 0 Å². The monoisotopic (exact) mass is 310 g/mol. The van der Waals surface area contributed by atoms with Gasteiger partial charge in [0.1, 0.15) is 5.82 Å². The Labute approximate surface area is 128 Å². The first-order valence-corrected chi connectivity index (χ1v) is 8.04. The molecule has 1 aromatic rings. The number of halogens is 3. The highest BCUT2D eigenvalue weighted by atomic mass is 19.3. The molecule has 120 valence electrons. The van der Waals surface area contributed by atoms with Crippen LogP contribution in [0.1, 0.15) is 24.8 Å². The van der Waals surface area contributed by atoms with E-state index in [1.54, 1.807) is 6.07 Å². The Balaban J connectivity index is 1.48. The number of nitrogens with two attached hydrogens (primary N) is 1. The number of hydrogen-bond donors (Lipinski definition) is 1. The topological polar surface area (TPSA) is 29.3 Å². The van der Waals surface area contributed by atoms with Crippen LogP contribution < -0.4 is 10.6 Å². The average molecular weight is 310 g/mol. The van der Waals surface area contributed by atoms with Crippen molar-refractivity contribution in [2.24, 2.45) is 23.0 Å². The van der Waals surface area contributed by atoms with Crippen LogP contribution in [0.15, 0.2) is 18.2 Å². The molecule has 2 fully saturated rings. The van der Waals surface area contributed by atoms with E-state index in [4.69, 9.17) is 5.73 Å². The standard InChI is InChI=1S/C17H21F3N2/c18-14-1-2-15-13(4-14)3-11(7-21)8-22(15)9-12-5-16(6-12)10-17(16,19)20/h1-2,4,11-12H,3,5-10,21H2. The van der Waals surface area contributed by atoms with Crippen molar-refractivity contribution in [3.05, 3.63) is 29.6 Å². The zero-order valence-corrected chi connectivity index (χ0v) is 12.5. The van der Waals surface area contributed by atoms with Gasteiger partial charge in [-0.1, -0.05) is 0 Å². The summed E-state index contributed by atoms with van der Waals surface area (Å²) in [6.45, 7) is 2.20. The van der Waals surface area contributed by atoms with Gasteiger partial charge in [0.15, 0.2) is 0 Å². The molecule has 1 atom stereocenters. The molecule has 0 amide bonds. The van der Waals surface area contributed by atoms with Crippen molar-refractivity contribution < 1.29 is 13.2 Å². The lowest BCUT2D eigenvalue weighted by Crippen LogP contribution is -2.45.